The van der Waals surface area contributed by atoms with Gasteiger partial charge in [-0.1, -0.05) is 23.2 Å². The highest BCUT2D eigenvalue weighted by Crippen LogP contribution is 2.33. The molecule has 1 atom stereocenters. The van der Waals surface area contributed by atoms with Crippen LogP contribution >= 0.6 is 23.2 Å². The Hall–Kier alpha value is -2.11. The second kappa shape index (κ2) is 6.79. The van der Waals surface area contributed by atoms with Crippen molar-refractivity contribution in [2.45, 2.75) is 6.42 Å². The van der Waals surface area contributed by atoms with Crippen LogP contribution in [0.5, 0.6) is 0 Å². The Morgan fingerprint density at radius 3 is 2.58 bits per heavy atom. The molecule has 0 spiro atoms. The molecule has 1 saturated heterocycles. The number of hydrogen-bond acceptors (Lipinski definition) is 2. The Balaban J connectivity index is 1.73. The molecule has 1 fully saturated rings. The van der Waals surface area contributed by atoms with Crippen LogP contribution in [0.4, 0.5) is 15.8 Å². The molecule has 4 nitrogen and oxygen atoms in total. The zero-order chi connectivity index (χ0) is 17.3. The number of benzene rings is 2. The van der Waals surface area contributed by atoms with Crippen molar-refractivity contribution in [2.75, 3.05) is 16.8 Å². The van der Waals surface area contributed by atoms with Gasteiger partial charge in [0.15, 0.2) is 0 Å². The first-order valence-corrected chi connectivity index (χ1v) is 8.01. The van der Waals surface area contributed by atoms with Crippen molar-refractivity contribution in [3.63, 3.8) is 0 Å². The van der Waals surface area contributed by atoms with E-state index in [4.69, 9.17) is 23.2 Å². The molecule has 1 N–H and O–H groups in total. The van der Waals surface area contributed by atoms with Crippen molar-refractivity contribution < 1.29 is 14.0 Å². The summed E-state index contributed by atoms with van der Waals surface area (Å²) in [6.45, 7) is 0.214. The van der Waals surface area contributed by atoms with E-state index in [0.29, 0.717) is 21.4 Å². The highest BCUT2D eigenvalue weighted by Gasteiger charge is 2.36. The minimum absolute atomic E-state index is 0.0792. The van der Waals surface area contributed by atoms with Gasteiger partial charge in [-0.05, 0) is 42.5 Å². The number of carbonyl (C=O) groups excluding carboxylic acids is 2. The van der Waals surface area contributed by atoms with Crippen LogP contribution in [0.15, 0.2) is 42.5 Å². The zero-order valence-electron chi connectivity index (χ0n) is 12.4. The van der Waals surface area contributed by atoms with Gasteiger partial charge in [-0.3, -0.25) is 9.59 Å². The molecule has 0 aliphatic carbocycles. The molecule has 24 heavy (non-hydrogen) atoms. The molecule has 0 bridgehead atoms. The molecule has 3 rings (SSSR count). The van der Waals surface area contributed by atoms with Gasteiger partial charge in [0, 0.05) is 23.7 Å². The predicted molar refractivity (Wildman–Crippen MR) is 92.0 cm³/mol. The van der Waals surface area contributed by atoms with Gasteiger partial charge < -0.3 is 10.2 Å². The molecule has 0 radical (unpaired) electrons. The summed E-state index contributed by atoms with van der Waals surface area (Å²) in [7, 11) is 0. The van der Waals surface area contributed by atoms with E-state index in [9.17, 15) is 14.0 Å². The molecule has 0 aromatic heterocycles. The Bertz CT molecular complexity index is 796. The van der Waals surface area contributed by atoms with Crippen molar-refractivity contribution >= 4 is 46.4 Å². The maximum atomic E-state index is 12.9. The van der Waals surface area contributed by atoms with Gasteiger partial charge in [-0.15, -0.1) is 0 Å². The van der Waals surface area contributed by atoms with Crippen LogP contribution in [-0.4, -0.2) is 18.4 Å². The van der Waals surface area contributed by atoms with Crippen LogP contribution in [0.3, 0.4) is 0 Å². The van der Waals surface area contributed by atoms with Crippen LogP contribution in [0, 0.1) is 11.7 Å². The van der Waals surface area contributed by atoms with Crippen molar-refractivity contribution in [3.05, 3.63) is 58.3 Å². The third kappa shape index (κ3) is 3.52. The van der Waals surface area contributed by atoms with Crippen LogP contribution in [0.2, 0.25) is 10.0 Å². The van der Waals surface area contributed by atoms with Crippen LogP contribution in [-0.2, 0) is 9.59 Å². The highest BCUT2D eigenvalue weighted by molar-refractivity contribution is 6.36. The average Bonchev–Trinajstić information content (AvgIpc) is 2.94. The number of rotatable bonds is 3. The van der Waals surface area contributed by atoms with Gasteiger partial charge in [0.05, 0.1) is 16.6 Å². The number of nitrogens with one attached hydrogen (secondary N) is 1. The fourth-order valence-electron chi connectivity index (χ4n) is 2.59. The molecule has 124 valence electrons. The smallest absolute Gasteiger partial charge is 0.229 e. The van der Waals surface area contributed by atoms with Gasteiger partial charge in [-0.25, -0.2) is 4.39 Å². The molecule has 2 aromatic rings. The molecule has 1 aliphatic heterocycles. The summed E-state index contributed by atoms with van der Waals surface area (Å²) in [6.07, 6.45) is 0.0792. The standard InChI is InChI=1S/C17H13Cl2FN2O2/c18-11-1-6-14(19)15(8-11)22-9-10(7-16(22)23)17(24)21-13-4-2-12(20)3-5-13/h1-6,8,10H,7,9H2,(H,21,24). The van der Waals surface area contributed by atoms with Gasteiger partial charge in [0.1, 0.15) is 5.82 Å². The molecule has 1 aliphatic rings. The molecule has 7 heteroatoms. The van der Waals surface area contributed by atoms with Crippen molar-refractivity contribution in [1.29, 1.82) is 0 Å². The predicted octanol–water partition coefficient (Wildman–Crippen LogP) is 4.12. The largest absolute Gasteiger partial charge is 0.326 e. The Labute approximate surface area is 148 Å². The van der Waals surface area contributed by atoms with Crippen molar-refractivity contribution in [1.82, 2.24) is 0 Å². The average molecular weight is 367 g/mol. The lowest BCUT2D eigenvalue weighted by molar-refractivity contribution is -0.122. The van der Waals surface area contributed by atoms with Crippen molar-refractivity contribution in [3.8, 4) is 0 Å². The summed E-state index contributed by atoms with van der Waals surface area (Å²) in [5, 5.41) is 3.54. The molecule has 2 amide bonds. The molecular weight excluding hydrogens is 354 g/mol. The molecule has 2 aromatic carbocycles. The number of anilines is 2. The summed E-state index contributed by atoms with van der Waals surface area (Å²) in [6, 6.07) is 10.3. The molecule has 1 heterocycles. The van der Waals surface area contributed by atoms with E-state index < -0.39 is 5.92 Å². The second-order valence-electron chi connectivity index (χ2n) is 5.50. The van der Waals surface area contributed by atoms with Gasteiger partial charge in [0.25, 0.3) is 0 Å². The van der Waals surface area contributed by atoms with E-state index in [1.165, 1.54) is 29.2 Å². The minimum atomic E-state index is -0.516. The van der Waals surface area contributed by atoms with E-state index in [0.717, 1.165) is 0 Å². The van der Waals surface area contributed by atoms with E-state index in [-0.39, 0.29) is 30.6 Å². The zero-order valence-corrected chi connectivity index (χ0v) is 13.9. The molecule has 0 saturated carbocycles. The van der Waals surface area contributed by atoms with E-state index in [1.807, 2.05) is 0 Å². The van der Waals surface area contributed by atoms with Gasteiger partial charge in [0.2, 0.25) is 11.8 Å². The van der Waals surface area contributed by atoms with Crippen molar-refractivity contribution in [2.24, 2.45) is 5.92 Å². The number of carbonyl (C=O) groups is 2. The lowest BCUT2D eigenvalue weighted by Crippen LogP contribution is -2.28. The van der Waals surface area contributed by atoms with Gasteiger partial charge in [-0.2, -0.15) is 0 Å². The molecule has 1 unspecified atom stereocenters. The van der Waals surface area contributed by atoms with Crippen LogP contribution < -0.4 is 10.2 Å². The quantitative estimate of drug-likeness (QED) is 0.887. The fourth-order valence-corrected chi connectivity index (χ4v) is 2.97. The third-order valence-corrected chi connectivity index (χ3v) is 4.36. The summed E-state index contributed by atoms with van der Waals surface area (Å²) < 4.78 is 12.9. The topological polar surface area (TPSA) is 49.4 Å². The summed E-state index contributed by atoms with van der Waals surface area (Å²) in [5.74, 6) is -1.39. The fraction of sp³-hybridized carbons (Fsp3) is 0.176. The Kier molecular flexibility index (Phi) is 4.73. The lowest BCUT2D eigenvalue weighted by atomic mass is 10.1. The molecular formula is C17H13Cl2FN2O2. The first kappa shape index (κ1) is 16.7. The monoisotopic (exact) mass is 366 g/mol. The Morgan fingerprint density at radius 1 is 1.17 bits per heavy atom. The number of amides is 2. The van der Waals surface area contributed by atoms with Crippen LogP contribution in [0.1, 0.15) is 6.42 Å². The number of nitrogens with zero attached hydrogens (tertiary/aromatic N) is 1. The maximum Gasteiger partial charge on any atom is 0.229 e. The van der Waals surface area contributed by atoms with E-state index in [1.54, 1.807) is 18.2 Å². The Morgan fingerprint density at radius 2 is 1.88 bits per heavy atom. The first-order chi connectivity index (χ1) is 11.4. The van der Waals surface area contributed by atoms with E-state index >= 15 is 0 Å². The second-order valence-corrected chi connectivity index (χ2v) is 6.34. The lowest BCUT2D eigenvalue weighted by Gasteiger charge is -2.18. The SMILES string of the molecule is O=C(Nc1ccc(F)cc1)C1CC(=O)N(c2cc(Cl)ccc2Cl)C1. The summed E-state index contributed by atoms with van der Waals surface area (Å²) in [5.41, 5.74) is 0.972. The normalized spacial score (nSPS) is 17.2. The maximum absolute atomic E-state index is 12.9. The summed E-state index contributed by atoms with van der Waals surface area (Å²) in [4.78, 5) is 26.0. The number of halogens is 3. The first-order valence-electron chi connectivity index (χ1n) is 7.26. The van der Waals surface area contributed by atoms with Crippen LogP contribution in [0.25, 0.3) is 0 Å². The third-order valence-electron chi connectivity index (χ3n) is 3.81. The minimum Gasteiger partial charge on any atom is -0.326 e. The van der Waals surface area contributed by atoms with E-state index in [2.05, 4.69) is 5.32 Å². The van der Waals surface area contributed by atoms with Gasteiger partial charge >= 0.3 is 0 Å². The number of hydrogen-bond donors (Lipinski definition) is 1. The summed E-state index contributed by atoms with van der Waals surface area (Å²) >= 11 is 12.1. The highest BCUT2D eigenvalue weighted by atomic mass is 35.5.